The summed E-state index contributed by atoms with van der Waals surface area (Å²) in [6, 6.07) is 7.82. The second-order valence-electron chi connectivity index (χ2n) is 4.89. The van der Waals surface area contributed by atoms with Gasteiger partial charge in [0, 0.05) is 13.5 Å². The second kappa shape index (κ2) is 12.3. The van der Waals surface area contributed by atoms with Gasteiger partial charge in [-0.1, -0.05) is 37.1 Å². The number of aliphatic hydroxyl groups is 2. The van der Waals surface area contributed by atoms with Crippen molar-refractivity contribution in [3.05, 3.63) is 35.4 Å². The van der Waals surface area contributed by atoms with Crippen molar-refractivity contribution in [3.63, 3.8) is 0 Å². The van der Waals surface area contributed by atoms with Crippen LogP contribution in [0, 0.1) is 0 Å². The standard InChI is InChI=1S/C14H23NO2.C2H4O2/c15-10-3-1-2-4-14(17)13-7-5-12(6-8-13)9-11-16;1-2(3)4/h5-8,14,16-17H,1-4,9-11,15H2;1H3,(H,3,4). The van der Waals surface area contributed by atoms with Gasteiger partial charge in [0.2, 0.25) is 0 Å². The first-order valence-corrected chi connectivity index (χ1v) is 7.28. The molecule has 0 aliphatic heterocycles. The predicted molar refractivity (Wildman–Crippen MR) is 83.0 cm³/mol. The van der Waals surface area contributed by atoms with E-state index in [9.17, 15) is 5.11 Å². The van der Waals surface area contributed by atoms with Gasteiger partial charge >= 0.3 is 0 Å². The minimum absolute atomic E-state index is 0.168. The molecule has 1 rings (SSSR count). The fraction of sp³-hybridized carbons (Fsp3) is 0.562. The Labute approximate surface area is 126 Å². The van der Waals surface area contributed by atoms with E-state index in [1.54, 1.807) is 0 Å². The summed E-state index contributed by atoms with van der Waals surface area (Å²) in [6.45, 7) is 1.98. The van der Waals surface area contributed by atoms with E-state index in [2.05, 4.69) is 0 Å². The molecule has 1 aromatic rings. The number of aliphatic carboxylic acids is 1. The molecule has 0 saturated carbocycles. The van der Waals surface area contributed by atoms with E-state index in [1.165, 1.54) is 0 Å². The zero-order chi connectivity index (χ0) is 16.1. The van der Waals surface area contributed by atoms with Crippen LogP contribution in [-0.4, -0.2) is 34.4 Å². The average molecular weight is 297 g/mol. The molecule has 0 aliphatic carbocycles. The molecule has 21 heavy (non-hydrogen) atoms. The number of hydrogen-bond acceptors (Lipinski definition) is 4. The zero-order valence-electron chi connectivity index (χ0n) is 12.7. The van der Waals surface area contributed by atoms with E-state index < -0.39 is 5.97 Å². The van der Waals surface area contributed by atoms with Gasteiger partial charge in [-0.3, -0.25) is 4.79 Å². The summed E-state index contributed by atoms with van der Waals surface area (Å²) >= 11 is 0. The number of carboxylic acids is 1. The molecule has 5 heteroatoms. The second-order valence-corrected chi connectivity index (χ2v) is 4.89. The van der Waals surface area contributed by atoms with Crippen LogP contribution in [0.1, 0.15) is 49.8 Å². The van der Waals surface area contributed by atoms with Gasteiger partial charge in [0.15, 0.2) is 0 Å². The lowest BCUT2D eigenvalue weighted by molar-refractivity contribution is -0.134. The van der Waals surface area contributed by atoms with Gasteiger partial charge in [0.1, 0.15) is 0 Å². The summed E-state index contributed by atoms with van der Waals surface area (Å²) in [4.78, 5) is 9.00. The zero-order valence-corrected chi connectivity index (χ0v) is 12.7. The van der Waals surface area contributed by atoms with Crippen LogP contribution < -0.4 is 5.73 Å². The molecule has 0 radical (unpaired) electrons. The SMILES string of the molecule is CC(=O)O.NCCCCCC(O)c1ccc(CCO)cc1. The number of rotatable bonds is 8. The Kier molecular flexibility index (Phi) is 11.5. The van der Waals surface area contributed by atoms with Crippen molar-refractivity contribution in [2.45, 2.75) is 45.1 Å². The van der Waals surface area contributed by atoms with Crippen molar-refractivity contribution >= 4 is 5.97 Å². The third-order valence-corrected chi connectivity index (χ3v) is 2.95. The first-order chi connectivity index (χ1) is 10.0. The van der Waals surface area contributed by atoms with E-state index in [0.29, 0.717) is 6.42 Å². The number of unbranched alkanes of at least 4 members (excludes halogenated alkanes) is 2. The minimum Gasteiger partial charge on any atom is -0.481 e. The molecule has 0 spiro atoms. The molecule has 1 atom stereocenters. The lowest BCUT2D eigenvalue weighted by Gasteiger charge is -2.11. The van der Waals surface area contributed by atoms with Crippen LogP contribution in [0.2, 0.25) is 0 Å². The Bertz CT molecular complexity index is 374. The van der Waals surface area contributed by atoms with Crippen LogP contribution in [0.25, 0.3) is 0 Å². The van der Waals surface area contributed by atoms with E-state index in [-0.39, 0.29) is 12.7 Å². The van der Waals surface area contributed by atoms with E-state index in [1.807, 2.05) is 24.3 Å². The van der Waals surface area contributed by atoms with Crippen LogP contribution in [0.15, 0.2) is 24.3 Å². The normalized spacial score (nSPS) is 11.4. The van der Waals surface area contributed by atoms with Gasteiger partial charge in [0.05, 0.1) is 6.10 Å². The van der Waals surface area contributed by atoms with Gasteiger partial charge in [-0.05, 0) is 36.9 Å². The van der Waals surface area contributed by atoms with Crippen LogP contribution in [0.4, 0.5) is 0 Å². The number of benzene rings is 1. The smallest absolute Gasteiger partial charge is 0.300 e. The van der Waals surface area contributed by atoms with Crippen molar-refractivity contribution in [2.24, 2.45) is 5.73 Å². The van der Waals surface area contributed by atoms with E-state index in [4.69, 9.17) is 20.7 Å². The van der Waals surface area contributed by atoms with Gasteiger partial charge in [-0.2, -0.15) is 0 Å². The molecule has 0 aliphatic rings. The fourth-order valence-electron chi connectivity index (χ4n) is 1.86. The molecule has 1 unspecified atom stereocenters. The third kappa shape index (κ3) is 11.0. The number of nitrogens with two attached hydrogens (primary N) is 1. The molecule has 5 nitrogen and oxygen atoms in total. The summed E-state index contributed by atoms with van der Waals surface area (Å²) in [5, 5.41) is 26.2. The molecule has 120 valence electrons. The maximum atomic E-state index is 9.96. The van der Waals surface area contributed by atoms with Crippen molar-refractivity contribution in [3.8, 4) is 0 Å². The molecule has 0 saturated heterocycles. The Morgan fingerprint density at radius 2 is 1.76 bits per heavy atom. The van der Waals surface area contributed by atoms with Crippen LogP contribution in [0.5, 0.6) is 0 Å². The highest BCUT2D eigenvalue weighted by Crippen LogP contribution is 2.20. The fourth-order valence-corrected chi connectivity index (χ4v) is 1.86. The Morgan fingerprint density at radius 3 is 2.24 bits per heavy atom. The van der Waals surface area contributed by atoms with E-state index in [0.717, 1.165) is 50.3 Å². The highest BCUT2D eigenvalue weighted by molar-refractivity contribution is 5.62. The average Bonchev–Trinajstić information content (AvgIpc) is 2.44. The molecule has 0 bridgehead atoms. The maximum Gasteiger partial charge on any atom is 0.300 e. The van der Waals surface area contributed by atoms with Gasteiger partial charge in [-0.25, -0.2) is 0 Å². The van der Waals surface area contributed by atoms with Gasteiger partial charge < -0.3 is 21.1 Å². The molecular weight excluding hydrogens is 270 g/mol. The third-order valence-electron chi connectivity index (χ3n) is 2.95. The topological polar surface area (TPSA) is 104 Å². The van der Waals surface area contributed by atoms with Crippen LogP contribution >= 0.6 is 0 Å². The molecule has 0 heterocycles. The molecule has 5 N–H and O–H groups in total. The summed E-state index contributed by atoms with van der Waals surface area (Å²) in [5.74, 6) is -0.833. The summed E-state index contributed by atoms with van der Waals surface area (Å²) in [5.41, 5.74) is 7.48. The Hall–Kier alpha value is -1.43. The highest BCUT2D eigenvalue weighted by atomic mass is 16.4. The number of hydrogen-bond donors (Lipinski definition) is 4. The molecule has 0 aromatic heterocycles. The number of carboxylic acid groups (broad SMARTS) is 1. The predicted octanol–water partition coefficient (Wildman–Crippen LogP) is 1.86. The van der Waals surface area contributed by atoms with Crippen molar-refractivity contribution in [2.75, 3.05) is 13.2 Å². The Morgan fingerprint density at radius 1 is 1.19 bits per heavy atom. The summed E-state index contributed by atoms with van der Waals surface area (Å²) in [7, 11) is 0. The summed E-state index contributed by atoms with van der Waals surface area (Å²) < 4.78 is 0. The monoisotopic (exact) mass is 297 g/mol. The first kappa shape index (κ1) is 19.6. The molecule has 0 amide bonds. The summed E-state index contributed by atoms with van der Waals surface area (Å²) in [6.07, 6.45) is 4.21. The first-order valence-electron chi connectivity index (χ1n) is 7.28. The quantitative estimate of drug-likeness (QED) is 0.548. The van der Waals surface area contributed by atoms with Gasteiger partial charge in [-0.15, -0.1) is 0 Å². The number of carbonyl (C=O) groups is 1. The van der Waals surface area contributed by atoms with Crippen molar-refractivity contribution in [1.82, 2.24) is 0 Å². The van der Waals surface area contributed by atoms with Gasteiger partial charge in [0.25, 0.3) is 5.97 Å². The van der Waals surface area contributed by atoms with Crippen molar-refractivity contribution in [1.29, 1.82) is 0 Å². The lowest BCUT2D eigenvalue weighted by Crippen LogP contribution is -2.01. The van der Waals surface area contributed by atoms with Crippen LogP contribution in [-0.2, 0) is 11.2 Å². The number of aliphatic hydroxyl groups excluding tert-OH is 2. The van der Waals surface area contributed by atoms with Crippen LogP contribution in [0.3, 0.4) is 0 Å². The van der Waals surface area contributed by atoms with E-state index >= 15 is 0 Å². The Balaban J connectivity index is 0.000000885. The minimum atomic E-state index is -0.833. The molecule has 0 fully saturated rings. The largest absolute Gasteiger partial charge is 0.481 e. The highest BCUT2D eigenvalue weighted by Gasteiger charge is 2.06. The molecular formula is C16H27NO4. The maximum absolute atomic E-state index is 9.96. The van der Waals surface area contributed by atoms with Crippen molar-refractivity contribution < 1.29 is 20.1 Å². The lowest BCUT2D eigenvalue weighted by atomic mass is 10.0. The molecule has 1 aromatic carbocycles.